The zero-order valence-electron chi connectivity index (χ0n) is 12.5. The van der Waals surface area contributed by atoms with Gasteiger partial charge in [0.25, 0.3) is 0 Å². The van der Waals surface area contributed by atoms with E-state index in [0.717, 1.165) is 37.6 Å². The molecule has 0 saturated carbocycles. The van der Waals surface area contributed by atoms with Crippen molar-refractivity contribution in [1.29, 1.82) is 0 Å². The van der Waals surface area contributed by atoms with E-state index in [4.69, 9.17) is 5.73 Å². The molecule has 0 spiro atoms. The van der Waals surface area contributed by atoms with Gasteiger partial charge in [-0.3, -0.25) is 4.90 Å². The van der Waals surface area contributed by atoms with E-state index in [2.05, 4.69) is 57.0 Å². The van der Waals surface area contributed by atoms with Crippen LogP contribution in [0.15, 0.2) is 36.7 Å². The molecule has 5 heteroatoms. The van der Waals surface area contributed by atoms with Crippen molar-refractivity contribution in [2.45, 2.75) is 13.0 Å². The third-order valence-electron chi connectivity index (χ3n) is 4.28. The molecule has 0 aliphatic carbocycles. The number of benzene rings is 1. The lowest BCUT2D eigenvalue weighted by Gasteiger charge is -2.39. The first-order valence-corrected chi connectivity index (χ1v) is 7.53. The van der Waals surface area contributed by atoms with Crippen LogP contribution in [-0.2, 0) is 0 Å². The maximum absolute atomic E-state index is 6.00. The summed E-state index contributed by atoms with van der Waals surface area (Å²) in [6, 6.07) is 10.8. The topological polar surface area (TPSA) is 61.2 Å². The highest BCUT2D eigenvalue weighted by Crippen LogP contribution is 2.23. The molecule has 0 amide bonds. The van der Waals surface area contributed by atoms with E-state index in [1.54, 1.807) is 6.33 Å². The fourth-order valence-corrected chi connectivity index (χ4v) is 3.07. The van der Waals surface area contributed by atoms with E-state index in [9.17, 15) is 0 Å². The van der Waals surface area contributed by atoms with Crippen molar-refractivity contribution in [3.05, 3.63) is 48.0 Å². The molecule has 1 unspecified atom stereocenters. The summed E-state index contributed by atoms with van der Waals surface area (Å²) in [5, 5.41) is 0. The van der Waals surface area contributed by atoms with E-state index in [1.807, 2.05) is 0 Å². The summed E-state index contributed by atoms with van der Waals surface area (Å²) in [6.07, 6.45) is 1.76. The fourth-order valence-electron chi connectivity index (χ4n) is 3.07. The largest absolute Gasteiger partial charge is 0.369 e. The molecule has 1 fully saturated rings. The second-order valence-electron chi connectivity index (χ2n) is 5.52. The molecule has 21 heavy (non-hydrogen) atoms. The minimum Gasteiger partial charge on any atom is -0.369 e. The molecule has 3 N–H and O–H groups in total. The van der Waals surface area contributed by atoms with Gasteiger partial charge in [-0.2, -0.15) is 0 Å². The maximum Gasteiger partial charge on any atom is 0.0925 e. The summed E-state index contributed by atoms with van der Waals surface area (Å²) >= 11 is 0. The highest BCUT2D eigenvalue weighted by Gasteiger charge is 2.26. The lowest BCUT2D eigenvalue weighted by molar-refractivity contribution is 0.186. The monoisotopic (exact) mass is 285 g/mol. The summed E-state index contributed by atoms with van der Waals surface area (Å²) in [5.74, 6) is 0. The Morgan fingerprint density at radius 1 is 1.19 bits per heavy atom. The number of para-hydroxylation sites is 1. The van der Waals surface area contributed by atoms with Crippen molar-refractivity contribution in [1.82, 2.24) is 14.9 Å². The zero-order chi connectivity index (χ0) is 14.7. The van der Waals surface area contributed by atoms with E-state index in [1.165, 1.54) is 5.69 Å². The Balaban J connectivity index is 1.66. The molecular weight excluding hydrogens is 262 g/mol. The van der Waals surface area contributed by atoms with Crippen molar-refractivity contribution < 1.29 is 0 Å². The van der Waals surface area contributed by atoms with Crippen molar-refractivity contribution in [3.63, 3.8) is 0 Å². The van der Waals surface area contributed by atoms with Gasteiger partial charge in [-0.15, -0.1) is 0 Å². The second kappa shape index (κ2) is 6.28. The minimum atomic E-state index is 0.217. The molecule has 5 nitrogen and oxygen atoms in total. The third-order valence-corrected chi connectivity index (χ3v) is 4.28. The number of nitrogens with zero attached hydrogens (tertiary/aromatic N) is 3. The molecule has 112 valence electrons. The number of nitrogens with one attached hydrogen (secondary N) is 1. The number of aryl methyl sites for hydroxylation is 1. The Morgan fingerprint density at radius 3 is 2.48 bits per heavy atom. The summed E-state index contributed by atoms with van der Waals surface area (Å²) in [4.78, 5) is 12.5. The maximum atomic E-state index is 6.00. The quantitative estimate of drug-likeness (QED) is 0.894. The highest BCUT2D eigenvalue weighted by molar-refractivity contribution is 5.46. The Kier molecular flexibility index (Phi) is 4.22. The number of rotatable bonds is 4. The van der Waals surface area contributed by atoms with Gasteiger partial charge in [0, 0.05) is 44.1 Å². The fraction of sp³-hybridized carbons (Fsp3) is 0.438. The van der Waals surface area contributed by atoms with Crippen LogP contribution in [0.4, 0.5) is 5.69 Å². The Bertz CT molecular complexity index is 557. The third kappa shape index (κ3) is 2.94. The summed E-state index contributed by atoms with van der Waals surface area (Å²) < 4.78 is 0. The molecule has 0 radical (unpaired) electrons. The predicted molar refractivity (Wildman–Crippen MR) is 85.3 cm³/mol. The van der Waals surface area contributed by atoms with Gasteiger partial charge in [0.2, 0.25) is 0 Å². The van der Waals surface area contributed by atoms with Crippen LogP contribution in [0.25, 0.3) is 0 Å². The van der Waals surface area contributed by atoms with Gasteiger partial charge in [0.15, 0.2) is 0 Å². The van der Waals surface area contributed by atoms with Crippen LogP contribution in [0.1, 0.15) is 17.4 Å². The molecule has 1 atom stereocenters. The average molecular weight is 285 g/mol. The van der Waals surface area contributed by atoms with Crippen molar-refractivity contribution in [3.8, 4) is 0 Å². The van der Waals surface area contributed by atoms with Crippen molar-refractivity contribution >= 4 is 5.69 Å². The molecule has 2 heterocycles. The van der Waals surface area contributed by atoms with Gasteiger partial charge in [-0.25, -0.2) is 4.98 Å². The second-order valence-corrected chi connectivity index (χ2v) is 5.52. The van der Waals surface area contributed by atoms with E-state index >= 15 is 0 Å². The number of aromatic nitrogens is 2. The van der Waals surface area contributed by atoms with Crippen LogP contribution in [0.5, 0.6) is 0 Å². The number of imidazole rings is 1. The zero-order valence-corrected chi connectivity index (χ0v) is 12.5. The Morgan fingerprint density at radius 2 is 1.90 bits per heavy atom. The number of hydrogen-bond acceptors (Lipinski definition) is 4. The Hall–Kier alpha value is -1.85. The van der Waals surface area contributed by atoms with Crippen LogP contribution in [0, 0.1) is 6.92 Å². The number of anilines is 1. The van der Waals surface area contributed by atoms with E-state index in [-0.39, 0.29) is 6.04 Å². The average Bonchev–Trinajstić information content (AvgIpc) is 2.96. The molecule has 1 aromatic carbocycles. The van der Waals surface area contributed by atoms with Crippen molar-refractivity contribution in [2.75, 3.05) is 37.6 Å². The molecule has 1 aliphatic heterocycles. The summed E-state index contributed by atoms with van der Waals surface area (Å²) in [7, 11) is 0. The van der Waals surface area contributed by atoms with Crippen LogP contribution in [-0.4, -0.2) is 47.6 Å². The molecule has 2 aromatic rings. The number of H-pyrrole nitrogens is 1. The predicted octanol–water partition coefficient (Wildman–Crippen LogP) is 1.54. The summed E-state index contributed by atoms with van der Waals surface area (Å²) in [6.45, 7) is 6.77. The standard InChI is InChI=1S/C16H23N5/c1-13-16(19-12-18-13)15(11-17)21-9-7-20(8-10-21)14-5-3-2-4-6-14/h2-6,12,15H,7-11,17H2,1H3,(H,18,19). The molecule has 1 saturated heterocycles. The van der Waals surface area contributed by atoms with E-state index in [0.29, 0.717) is 6.54 Å². The molecule has 1 aromatic heterocycles. The lowest BCUT2D eigenvalue weighted by Crippen LogP contribution is -2.49. The normalized spacial score (nSPS) is 17.9. The van der Waals surface area contributed by atoms with Crippen LogP contribution in [0.3, 0.4) is 0 Å². The first-order chi connectivity index (χ1) is 10.3. The molecule has 0 bridgehead atoms. The van der Waals surface area contributed by atoms with Crippen LogP contribution >= 0.6 is 0 Å². The SMILES string of the molecule is Cc1[nH]cnc1C(CN)N1CCN(c2ccccc2)CC1. The number of hydrogen-bond donors (Lipinski definition) is 2. The molecule has 3 rings (SSSR count). The number of aromatic amines is 1. The van der Waals surface area contributed by atoms with Gasteiger partial charge in [-0.1, -0.05) is 18.2 Å². The number of piperazine rings is 1. The minimum absolute atomic E-state index is 0.217. The lowest BCUT2D eigenvalue weighted by atomic mass is 10.1. The van der Waals surface area contributed by atoms with Crippen molar-refractivity contribution in [2.24, 2.45) is 5.73 Å². The van der Waals surface area contributed by atoms with Crippen LogP contribution < -0.4 is 10.6 Å². The first kappa shape index (κ1) is 14.1. The van der Waals surface area contributed by atoms with Gasteiger partial charge in [0.1, 0.15) is 0 Å². The Labute approximate surface area is 125 Å². The van der Waals surface area contributed by atoms with E-state index < -0.39 is 0 Å². The molecular formula is C16H23N5. The van der Waals surface area contributed by atoms with Gasteiger partial charge >= 0.3 is 0 Å². The summed E-state index contributed by atoms with van der Waals surface area (Å²) in [5.41, 5.74) is 9.51. The smallest absolute Gasteiger partial charge is 0.0925 e. The van der Waals surface area contributed by atoms with Gasteiger partial charge in [-0.05, 0) is 19.1 Å². The number of nitrogens with two attached hydrogens (primary N) is 1. The molecule has 1 aliphatic rings. The highest BCUT2D eigenvalue weighted by atomic mass is 15.3. The van der Waals surface area contributed by atoms with Gasteiger partial charge in [0.05, 0.1) is 18.1 Å². The van der Waals surface area contributed by atoms with Crippen LogP contribution in [0.2, 0.25) is 0 Å². The van der Waals surface area contributed by atoms with Gasteiger partial charge < -0.3 is 15.6 Å². The first-order valence-electron chi connectivity index (χ1n) is 7.53.